The number of hydrogen-bond acceptors (Lipinski definition) is 5. The SMILES string of the molecule is N#Cc1ccc(Oc2cc(N)nc(C(F)(F)F)n2)cc1. The highest BCUT2D eigenvalue weighted by atomic mass is 19.4. The second-order valence-electron chi connectivity index (χ2n) is 3.69. The van der Waals surface area contributed by atoms with E-state index in [1.54, 1.807) is 0 Å². The second-order valence-corrected chi connectivity index (χ2v) is 3.69. The molecule has 0 atom stereocenters. The Morgan fingerprint density at radius 1 is 1.15 bits per heavy atom. The number of anilines is 1. The zero-order valence-electron chi connectivity index (χ0n) is 9.85. The van der Waals surface area contributed by atoms with Gasteiger partial charge < -0.3 is 10.5 Å². The molecule has 20 heavy (non-hydrogen) atoms. The highest BCUT2D eigenvalue weighted by Gasteiger charge is 2.35. The van der Waals surface area contributed by atoms with Crippen molar-refractivity contribution in [2.45, 2.75) is 6.18 Å². The van der Waals surface area contributed by atoms with Crippen LogP contribution in [0.25, 0.3) is 0 Å². The molecule has 0 spiro atoms. The van der Waals surface area contributed by atoms with Crippen LogP contribution in [0.15, 0.2) is 30.3 Å². The van der Waals surface area contributed by atoms with E-state index in [9.17, 15) is 13.2 Å². The molecule has 0 aliphatic rings. The number of nitriles is 1. The Hall–Kier alpha value is -2.82. The zero-order chi connectivity index (χ0) is 14.8. The van der Waals surface area contributed by atoms with Crippen molar-refractivity contribution in [3.63, 3.8) is 0 Å². The molecule has 0 aliphatic heterocycles. The Morgan fingerprint density at radius 3 is 2.35 bits per heavy atom. The summed E-state index contributed by atoms with van der Waals surface area (Å²) in [6.07, 6.45) is -4.71. The molecule has 2 aromatic rings. The van der Waals surface area contributed by atoms with E-state index < -0.39 is 12.0 Å². The second kappa shape index (κ2) is 5.05. The van der Waals surface area contributed by atoms with Gasteiger partial charge in [-0.25, -0.2) is 4.98 Å². The number of nitrogens with two attached hydrogens (primary N) is 1. The molecule has 2 N–H and O–H groups in total. The minimum Gasteiger partial charge on any atom is -0.439 e. The molecule has 8 heteroatoms. The van der Waals surface area contributed by atoms with Crippen LogP contribution >= 0.6 is 0 Å². The molecule has 102 valence electrons. The van der Waals surface area contributed by atoms with E-state index in [1.165, 1.54) is 24.3 Å². The molecular formula is C12H7F3N4O. The molecule has 0 aliphatic carbocycles. The predicted octanol–water partition coefficient (Wildman–Crippen LogP) is 2.74. The first kappa shape index (κ1) is 13.6. The van der Waals surface area contributed by atoms with Crippen molar-refractivity contribution in [1.29, 1.82) is 5.26 Å². The van der Waals surface area contributed by atoms with Crippen LogP contribution in [0.4, 0.5) is 19.0 Å². The lowest BCUT2D eigenvalue weighted by Crippen LogP contribution is -2.12. The summed E-state index contributed by atoms with van der Waals surface area (Å²) >= 11 is 0. The number of nitrogen functional groups attached to an aromatic ring is 1. The van der Waals surface area contributed by atoms with Gasteiger partial charge in [0.05, 0.1) is 11.6 Å². The highest BCUT2D eigenvalue weighted by Crippen LogP contribution is 2.29. The standard InChI is InChI=1S/C12H7F3N4O/c13-12(14,15)11-18-9(17)5-10(19-11)20-8-3-1-7(6-16)2-4-8/h1-5H,(H2,17,18,19). The van der Waals surface area contributed by atoms with E-state index in [-0.39, 0.29) is 17.4 Å². The summed E-state index contributed by atoms with van der Waals surface area (Å²) in [5, 5.41) is 8.63. The summed E-state index contributed by atoms with van der Waals surface area (Å²) in [6.45, 7) is 0. The molecule has 0 amide bonds. The summed E-state index contributed by atoms with van der Waals surface area (Å²) in [5.41, 5.74) is 5.68. The maximum Gasteiger partial charge on any atom is 0.451 e. The fourth-order valence-electron chi connectivity index (χ4n) is 1.34. The lowest BCUT2D eigenvalue weighted by molar-refractivity contribution is -0.145. The van der Waals surface area contributed by atoms with Gasteiger partial charge in [0.25, 0.3) is 0 Å². The van der Waals surface area contributed by atoms with Crippen molar-refractivity contribution in [3.05, 3.63) is 41.7 Å². The summed E-state index contributed by atoms with van der Waals surface area (Å²) < 4.78 is 42.7. The molecule has 0 saturated carbocycles. The molecule has 0 radical (unpaired) electrons. The van der Waals surface area contributed by atoms with Gasteiger partial charge in [-0.05, 0) is 24.3 Å². The number of rotatable bonds is 2. The number of aromatic nitrogens is 2. The Kier molecular flexibility index (Phi) is 3.43. The Morgan fingerprint density at radius 2 is 1.80 bits per heavy atom. The summed E-state index contributed by atoms with van der Waals surface area (Å²) in [4.78, 5) is 6.33. The average Bonchev–Trinajstić information content (AvgIpc) is 2.38. The van der Waals surface area contributed by atoms with Crippen LogP contribution in [0.5, 0.6) is 11.6 Å². The van der Waals surface area contributed by atoms with E-state index in [4.69, 9.17) is 15.7 Å². The largest absolute Gasteiger partial charge is 0.451 e. The average molecular weight is 280 g/mol. The molecule has 2 rings (SSSR count). The maximum atomic E-state index is 12.5. The van der Waals surface area contributed by atoms with Crippen LogP contribution in [0.3, 0.4) is 0 Å². The molecule has 1 aromatic heterocycles. The van der Waals surface area contributed by atoms with E-state index in [0.717, 1.165) is 6.07 Å². The van der Waals surface area contributed by atoms with E-state index >= 15 is 0 Å². The topological polar surface area (TPSA) is 84.8 Å². The van der Waals surface area contributed by atoms with E-state index in [1.807, 2.05) is 6.07 Å². The van der Waals surface area contributed by atoms with Crippen molar-refractivity contribution in [1.82, 2.24) is 9.97 Å². The number of hydrogen-bond donors (Lipinski definition) is 1. The molecule has 1 aromatic carbocycles. The monoisotopic (exact) mass is 280 g/mol. The Labute approximate surface area is 111 Å². The third-order valence-electron chi connectivity index (χ3n) is 2.18. The summed E-state index contributed by atoms with van der Waals surface area (Å²) in [6, 6.07) is 8.78. The number of ether oxygens (including phenoxy) is 1. The molecular weight excluding hydrogens is 273 g/mol. The van der Waals surface area contributed by atoms with Crippen LogP contribution in [-0.2, 0) is 6.18 Å². The van der Waals surface area contributed by atoms with Gasteiger partial charge in [-0.1, -0.05) is 0 Å². The highest BCUT2D eigenvalue weighted by molar-refractivity contribution is 5.38. The van der Waals surface area contributed by atoms with Crippen molar-refractivity contribution in [2.75, 3.05) is 5.73 Å². The van der Waals surface area contributed by atoms with Gasteiger partial charge in [0.15, 0.2) is 0 Å². The van der Waals surface area contributed by atoms with Gasteiger partial charge in [0, 0.05) is 6.07 Å². The number of benzene rings is 1. The maximum absolute atomic E-state index is 12.5. The van der Waals surface area contributed by atoms with Crippen LogP contribution in [-0.4, -0.2) is 9.97 Å². The third-order valence-corrected chi connectivity index (χ3v) is 2.18. The predicted molar refractivity (Wildman–Crippen MR) is 62.7 cm³/mol. The molecule has 5 nitrogen and oxygen atoms in total. The third kappa shape index (κ3) is 3.14. The minimum absolute atomic E-state index is 0.232. The normalized spacial score (nSPS) is 10.9. The summed E-state index contributed by atoms with van der Waals surface area (Å²) in [5.74, 6) is -1.82. The van der Waals surface area contributed by atoms with Gasteiger partial charge in [-0.3, -0.25) is 0 Å². The van der Waals surface area contributed by atoms with Crippen molar-refractivity contribution < 1.29 is 17.9 Å². The first-order valence-corrected chi connectivity index (χ1v) is 5.28. The number of halogens is 3. The molecule has 0 saturated heterocycles. The minimum atomic E-state index is -4.71. The van der Waals surface area contributed by atoms with Crippen LogP contribution in [0.1, 0.15) is 11.4 Å². The van der Waals surface area contributed by atoms with Gasteiger partial charge in [0.1, 0.15) is 11.6 Å². The van der Waals surface area contributed by atoms with Crippen LogP contribution in [0, 0.1) is 11.3 Å². The van der Waals surface area contributed by atoms with Gasteiger partial charge in [0.2, 0.25) is 11.7 Å². The fourth-order valence-corrected chi connectivity index (χ4v) is 1.34. The Bertz CT molecular complexity index is 662. The molecule has 0 bridgehead atoms. The zero-order valence-corrected chi connectivity index (χ0v) is 9.85. The van der Waals surface area contributed by atoms with Gasteiger partial charge in [-0.2, -0.15) is 23.4 Å². The first-order chi connectivity index (χ1) is 9.38. The number of alkyl halides is 3. The van der Waals surface area contributed by atoms with E-state index in [2.05, 4.69) is 9.97 Å². The molecule has 0 unspecified atom stereocenters. The van der Waals surface area contributed by atoms with Crippen LogP contribution in [0.2, 0.25) is 0 Å². The fraction of sp³-hybridized carbons (Fsp3) is 0.0833. The lowest BCUT2D eigenvalue weighted by atomic mass is 10.2. The smallest absolute Gasteiger partial charge is 0.439 e. The first-order valence-electron chi connectivity index (χ1n) is 5.28. The van der Waals surface area contributed by atoms with Gasteiger partial charge >= 0.3 is 6.18 Å². The quantitative estimate of drug-likeness (QED) is 0.914. The van der Waals surface area contributed by atoms with Crippen molar-refractivity contribution >= 4 is 5.82 Å². The van der Waals surface area contributed by atoms with E-state index in [0.29, 0.717) is 5.56 Å². The van der Waals surface area contributed by atoms with Crippen molar-refractivity contribution in [3.8, 4) is 17.7 Å². The lowest BCUT2D eigenvalue weighted by Gasteiger charge is -2.09. The molecule has 0 fully saturated rings. The van der Waals surface area contributed by atoms with Gasteiger partial charge in [-0.15, -0.1) is 0 Å². The molecule has 1 heterocycles. The Balaban J connectivity index is 2.29. The van der Waals surface area contributed by atoms with Crippen LogP contribution < -0.4 is 10.5 Å². The number of nitrogens with zero attached hydrogens (tertiary/aromatic N) is 3. The summed E-state index contributed by atoms with van der Waals surface area (Å²) in [7, 11) is 0. The van der Waals surface area contributed by atoms with Crippen molar-refractivity contribution in [2.24, 2.45) is 0 Å².